The number of benzene rings is 1. The average Bonchev–Trinajstić information content (AvgIpc) is 2.63. The molecule has 3 nitrogen and oxygen atoms in total. The SMILES string of the molecule is CCCNCc1cc(F)cc(N2CCCOC(C)C2)c1. The van der Waals surface area contributed by atoms with Crippen LogP contribution in [0.3, 0.4) is 0 Å². The monoisotopic (exact) mass is 280 g/mol. The van der Waals surface area contributed by atoms with Crippen LogP contribution < -0.4 is 10.2 Å². The summed E-state index contributed by atoms with van der Waals surface area (Å²) in [6.07, 6.45) is 2.27. The maximum absolute atomic E-state index is 13.8. The second-order valence-corrected chi connectivity index (χ2v) is 5.48. The molecule has 112 valence electrons. The number of anilines is 1. The minimum absolute atomic E-state index is 0.159. The molecular formula is C16H25FN2O. The highest BCUT2D eigenvalue weighted by Gasteiger charge is 2.16. The van der Waals surface area contributed by atoms with Gasteiger partial charge < -0.3 is 15.0 Å². The van der Waals surface area contributed by atoms with Crippen LogP contribution >= 0.6 is 0 Å². The van der Waals surface area contributed by atoms with Crippen LogP contribution in [0.2, 0.25) is 0 Å². The molecule has 1 saturated heterocycles. The van der Waals surface area contributed by atoms with Crippen LogP contribution in [-0.4, -0.2) is 32.3 Å². The molecule has 20 heavy (non-hydrogen) atoms. The van der Waals surface area contributed by atoms with Gasteiger partial charge in [0.1, 0.15) is 5.82 Å². The summed E-state index contributed by atoms with van der Waals surface area (Å²) < 4.78 is 19.5. The number of hydrogen-bond acceptors (Lipinski definition) is 3. The third-order valence-electron chi connectivity index (χ3n) is 3.52. The third kappa shape index (κ3) is 4.46. The summed E-state index contributed by atoms with van der Waals surface area (Å²) in [5, 5.41) is 3.32. The van der Waals surface area contributed by atoms with Crippen molar-refractivity contribution >= 4 is 5.69 Å². The van der Waals surface area contributed by atoms with E-state index < -0.39 is 0 Å². The molecule has 0 saturated carbocycles. The van der Waals surface area contributed by atoms with Crippen molar-refractivity contribution in [3.63, 3.8) is 0 Å². The standard InChI is InChI=1S/C16H25FN2O/c1-3-5-18-11-14-8-15(17)10-16(9-14)19-6-4-7-20-13(2)12-19/h8-10,13,18H,3-7,11-12H2,1-2H3. The van der Waals surface area contributed by atoms with Gasteiger partial charge in [-0.2, -0.15) is 0 Å². The van der Waals surface area contributed by atoms with E-state index in [1.807, 2.05) is 0 Å². The molecule has 0 radical (unpaired) electrons. The maximum atomic E-state index is 13.8. The molecule has 4 heteroatoms. The maximum Gasteiger partial charge on any atom is 0.125 e. The number of halogens is 1. The molecule has 1 aromatic rings. The lowest BCUT2D eigenvalue weighted by Gasteiger charge is -2.25. The quantitative estimate of drug-likeness (QED) is 0.839. The molecule has 1 aromatic carbocycles. The summed E-state index contributed by atoms with van der Waals surface area (Å²) in [6, 6.07) is 5.33. The minimum atomic E-state index is -0.159. The van der Waals surface area contributed by atoms with Crippen LogP contribution in [-0.2, 0) is 11.3 Å². The molecule has 0 spiro atoms. The molecular weight excluding hydrogens is 255 g/mol. The largest absolute Gasteiger partial charge is 0.377 e. The normalized spacial score (nSPS) is 19.9. The van der Waals surface area contributed by atoms with Gasteiger partial charge in [0.2, 0.25) is 0 Å². The fraction of sp³-hybridized carbons (Fsp3) is 0.625. The Morgan fingerprint density at radius 1 is 1.40 bits per heavy atom. The molecule has 2 rings (SSSR count). The molecule has 1 atom stereocenters. The smallest absolute Gasteiger partial charge is 0.125 e. The van der Waals surface area contributed by atoms with E-state index in [1.54, 1.807) is 12.1 Å². The van der Waals surface area contributed by atoms with Crippen molar-refractivity contribution in [3.05, 3.63) is 29.6 Å². The first-order valence-electron chi connectivity index (χ1n) is 7.55. The molecule has 0 bridgehead atoms. The van der Waals surface area contributed by atoms with Crippen molar-refractivity contribution in [1.82, 2.24) is 5.32 Å². The van der Waals surface area contributed by atoms with Gasteiger partial charge in [-0.25, -0.2) is 4.39 Å². The zero-order chi connectivity index (χ0) is 14.4. The first-order chi connectivity index (χ1) is 9.69. The lowest BCUT2D eigenvalue weighted by Crippen LogP contribution is -2.30. The molecule has 1 unspecified atom stereocenters. The van der Waals surface area contributed by atoms with Gasteiger partial charge in [0.05, 0.1) is 6.10 Å². The molecule has 1 aliphatic rings. The molecule has 0 aliphatic carbocycles. The predicted molar refractivity (Wildman–Crippen MR) is 80.6 cm³/mol. The first-order valence-corrected chi connectivity index (χ1v) is 7.55. The zero-order valence-corrected chi connectivity index (χ0v) is 12.5. The van der Waals surface area contributed by atoms with Crippen LogP contribution in [0.25, 0.3) is 0 Å². The van der Waals surface area contributed by atoms with Crippen molar-refractivity contribution < 1.29 is 9.13 Å². The second-order valence-electron chi connectivity index (χ2n) is 5.48. The van der Waals surface area contributed by atoms with Crippen molar-refractivity contribution in [3.8, 4) is 0 Å². The van der Waals surface area contributed by atoms with Gasteiger partial charge in [0.15, 0.2) is 0 Å². The van der Waals surface area contributed by atoms with Gasteiger partial charge >= 0.3 is 0 Å². The summed E-state index contributed by atoms with van der Waals surface area (Å²) in [5.74, 6) is -0.159. The Morgan fingerprint density at radius 3 is 3.05 bits per heavy atom. The fourth-order valence-corrected chi connectivity index (χ4v) is 2.56. The highest BCUT2D eigenvalue weighted by molar-refractivity contribution is 5.49. The number of nitrogens with one attached hydrogen (secondary N) is 1. The van der Waals surface area contributed by atoms with Gasteiger partial charge in [0, 0.05) is 31.9 Å². The van der Waals surface area contributed by atoms with Crippen LogP contribution in [0.5, 0.6) is 0 Å². The Bertz CT molecular complexity index is 425. The molecule has 1 heterocycles. The van der Waals surface area contributed by atoms with Crippen LogP contribution in [0, 0.1) is 5.82 Å². The number of rotatable bonds is 5. The summed E-state index contributed by atoms with van der Waals surface area (Å²) >= 11 is 0. The van der Waals surface area contributed by atoms with Crippen LogP contribution in [0.4, 0.5) is 10.1 Å². The van der Waals surface area contributed by atoms with Crippen molar-refractivity contribution in [1.29, 1.82) is 0 Å². The van der Waals surface area contributed by atoms with Gasteiger partial charge in [-0.1, -0.05) is 6.92 Å². The Labute approximate surface area is 121 Å². The first kappa shape index (κ1) is 15.3. The number of ether oxygens (including phenoxy) is 1. The van der Waals surface area contributed by atoms with Gasteiger partial charge in [0.25, 0.3) is 0 Å². The fourth-order valence-electron chi connectivity index (χ4n) is 2.56. The van der Waals surface area contributed by atoms with E-state index in [-0.39, 0.29) is 11.9 Å². The minimum Gasteiger partial charge on any atom is -0.377 e. The van der Waals surface area contributed by atoms with Gasteiger partial charge in [-0.05, 0) is 50.1 Å². The van der Waals surface area contributed by atoms with E-state index >= 15 is 0 Å². The predicted octanol–water partition coefficient (Wildman–Crippen LogP) is 2.94. The van der Waals surface area contributed by atoms with E-state index in [2.05, 4.69) is 30.1 Å². The van der Waals surface area contributed by atoms with E-state index in [9.17, 15) is 4.39 Å². The Morgan fingerprint density at radius 2 is 2.25 bits per heavy atom. The average molecular weight is 280 g/mol. The highest BCUT2D eigenvalue weighted by atomic mass is 19.1. The molecule has 1 N–H and O–H groups in total. The van der Waals surface area contributed by atoms with Crippen LogP contribution in [0.15, 0.2) is 18.2 Å². The summed E-state index contributed by atoms with van der Waals surface area (Å²) in [4.78, 5) is 2.23. The summed E-state index contributed by atoms with van der Waals surface area (Å²) in [5.41, 5.74) is 1.97. The van der Waals surface area contributed by atoms with E-state index in [0.717, 1.165) is 56.9 Å². The lowest BCUT2D eigenvalue weighted by atomic mass is 10.1. The number of nitrogens with zero attached hydrogens (tertiary/aromatic N) is 1. The van der Waals surface area contributed by atoms with E-state index in [0.29, 0.717) is 0 Å². The highest BCUT2D eigenvalue weighted by Crippen LogP contribution is 2.21. The van der Waals surface area contributed by atoms with Crippen molar-refractivity contribution in [2.75, 3.05) is 31.1 Å². The number of hydrogen-bond donors (Lipinski definition) is 1. The van der Waals surface area contributed by atoms with E-state index in [1.165, 1.54) is 0 Å². The lowest BCUT2D eigenvalue weighted by molar-refractivity contribution is 0.0821. The Hall–Kier alpha value is -1.13. The van der Waals surface area contributed by atoms with Gasteiger partial charge in [-0.3, -0.25) is 0 Å². The van der Waals surface area contributed by atoms with Gasteiger partial charge in [-0.15, -0.1) is 0 Å². The Balaban J connectivity index is 2.09. The van der Waals surface area contributed by atoms with Crippen LogP contribution in [0.1, 0.15) is 32.3 Å². The zero-order valence-electron chi connectivity index (χ0n) is 12.5. The summed E-state index contributed by atoms with van der Waals surface area (Å²) in [6.45, 7) is 8.42. The molecule has 0 amide bonds. The molecule has 1 aliphatic heterocycles. The van der Waals surface area contributed by atoms with Crippen molar-refractivity contribution in [2.24, 2.45) is 0 Å². The molecule has 0 aromatic heterocycles. The topological polar surface area (TPSA) is 24.5 Å². The third-order valence-corrected chi connectivity index (χ3v) is 3.52. The second kappa shape index (κ2) is 7.60. The van der Waals surface area contributed by atoms with E-state index in [4.69, 9.17) is 4.74 Å². The molecule has 1 fully saturated rings. The van der Waals surface area contributed by atoms with Crippen molar-refractivity contribution in [2.45, 2.75) is 39.3 Å². The Kier molecular flexibility index (Phi) is 5.80. The summed E-state index contributed by atoms with van der Waals surface area (Å²) in [7, 11) is 0.